The summed E-state index contributed by atoms with van der Waals surface area (Å²) in [6.45, 7) is -0.108. The van der Waals surface area contributed by atoms with Gasteiger partial charge in [-0.25, -0.2) is 12.8 Å². The van der Waals surface area contributed by atoms with Crippen molar-refractivity contribution in [1.82, 2.24) is 10.6 Å². The molecule has 1 aliphatic rings. The number of amides is 2. The highest BCUT2D eigenvalue weighted by molar-refractivity contribution is 8.00. The lowest BCUT2D eigenvalue weighted by Gasteiger charge is -2.29. The normalized spacial score (nSPS) is 19.4. The first kappa shape index (κ1) is 21.6. The van der Waals surface area contributed by atoms with Gasteiger partial charge < -0.3 is 10.6 Å². The van der Waals surface area contributed by atoms with Gasteiger partial charge in [-0.3, -0.25) is 14.9 Å². The maximum absolute atomic E-state index is 13.6. The molecule has 0 saturated carbocycles. The molecule has 1 fully saturated rings. The van der Waals surface area contributed by atoms with Crippen LogP contribution in [0.5, 0.6) is 0 Å². The van der Waals surface area contributed by atoms with E-state index in [-0.39, 0.29) is 22.9 Å². The minimum atomic E-state index is -3.89. The van der Waals surface area contributed by atoms with Crippen LogP contribution in [0.2, 0.25) is 5.02 Å². The summed E-state index contributed by atoms with van der Waals surface area (Å²) in [5, 5.41) is 6.96. The van der Waals surface area contributed by atoms with Crippen molar-refractivity contribution in [2.75, 3.05) is 17.6 Å². The molecule has 3 rings (SSSR count). The smallest absolute Gasteiger partial charge is 0.241 e. The molecular formula is C18H17ClFN3O4S2. The SMILES string of the molecule is O=C(CSC1NCC(S(=O)(=O)c2ccc(Cl)cc2)C(=O)N1)Nc1ccccc1F. The average molecular weight is 458 g/mol. The van der Waals surface area contributed by atoms with Crippen molar-refractivity contribution in [2.24, 2.45) is 0 Å². The molecule has 0 radical (unpaired) electrons. The third-order valence-electron chi connectivity index (χ3n) is 4.10. The van der Waals surface area contributed by atoms with Gasteiger partial charge in [-0.1, -0.05) is 23.7 Å². The van der Waals surface area contributed by atoms with E-state index in [1.54, 1.807) is 6.07 Å². The van der Waals surface area contributed by atoms with Crippen LogP contribution >= 0.6 is 23.4 Å². The molecule has 3 N–H and O–H groups in total. The quantitative estimate of drug-likeness (QED) is 0.613. The number of carbonyl (C=O) groups excluding carboxylic acids is 2. The molecule has 2 atom stereocenters. The fourth-order valence-electron chi connectivity index (χ4n) is 2.63. The number of anilines is 1. The van der Waals surface area contributed by atoms with Crippen LogP contribution in [-0.4, -0.2) is 43.3 Å². The van der Waals surface area contributed by atoms with Crippen LogP contribution in [0, 0.1) is 5.82 Å². The standard InChI is InChI=1S/C18H17ClFN3O4S2/c19-11-5-7-12(8-6-11)29(26,27)15-9-21-18(23-17(15)25)28-10-16(24)22-14-4-2-1-3-13(14)20/h1-8,15,18,21H,9-10H2,(H,22,24)(H,23,25). The van der Waals surface area contributed by atoms with Gasteiger partial charge >= 0.3 is 0 Å². The van der Waals surface area contributed by atoms with E-state index in [2.05, 4.69) is 16.0 Å². The summed E-state index contributed by atoms with van der Waals surface area (Å²) in [5.41, 5.74) is -0.585. The molecule has 11 heteroatoms. The first-order chi connectivity index (χ1) is 13.8. The van der Waals surface area contributed by atoms with Gasteiger partial charge in [0.15, 0.2) is 15.1 Å². The van der Waals surface area contributed by atoms with Crippen molar-refractivity contribution < 1.29 is 22.4 Å². The van der Waals surface area contributed by atoms with E-state index in [0.717, 1.165) is 11.8 Å². The molecule has 2 unspecified atom stereocenters. The second kappa shape index (κ2) is 9.12. The summed E-state index contributed by atoms with van der Waals surface area (Å²) in [6, 6.07) is 11.3. The van der Waals surface area contributed by atoms with Gasteiger partial charge in [0.05, 0.1) is 16.3 Å². The average Bonchev–Trinajstić information content (AvgIpc) is 2.68. The third-order valence-corrected chi connectivity index (χ3v) is 7.46. The fourth-order valence-corrected chi connectivity index (χ4v) is 5.07. The van der Waals surface area contributed by atoms with Gasteiger partial charge in [-0.15, -0.1) is 11.8 Å². The minimum Gasteiger partial charge on any atom is -0.331 e. The second-order valence-corrected chi connectivity index (χ2v) is 9.78. The molecule has 0 aliphatic carbocycles. The number of hydrogen-bond acceptors (Lipinski definition) is 6. The molecule has 0 spiro atoms. The zero-order valence-electron chi connectivity index (χ0n) is 14.9. The van der Waals surface area contributed by atoms with Crippen molar-refractivity contribution in [2.45, 2.75) is 15.6 Å². The minimum absolute atomic E-state index is 0.000724. The van der Waals surface area contributed by atoms with Gasteiger partial charge in [0.25, 0.3) is 0 Å². The van der Waals surface area contributed by atoms with E-state index in [1.165, 1.54) is 42.5 Å². The second-order valence-electron chi connectivity index (χ2n) is 6.12. The fraction of sp³-hybridized carbons (Fsp3) is 0.222. The number of rotatable bonds is 6. The van der Waals surface area contributed by atoms with Crippen LogP contribution in [-0.2, 0) is 19.4 Å². The van der Waals surface area contributed by atoms with Crippen LogP contribution in [0.4, 0.5) is 10.1 Å². The van der Waals surface area contributed by atoms with E-state index in [1.807, 2.05) is 0 Å². The summed E-state index contributed by atoms with van der Waals surface area (Å²) in [5.74, 6) is -1.73. The molecule has 2 amide bonds. The van der Waals surface area contributed by atoms with Crippen molar-refractivity contribution in [1.29, 1.82) is 0 Å². The summed E-state index contributed by atoms with van der Waals surface area (Å²) in [6.07, 6.45) is 0. The molecule has 1 heterocycles. The van der Waals surface area contributed by atoms with Crippen molar-refractivity contribution in [3.63, 3.8) is 0 Å². The maximum atomic E-state index is 13.6. The third kappa shape index (κ3) is 5.27. The maximum Gasteiger partial charge on any atom is 0.241 e. The largest absolute Gasteiger partial charge is 0.331 e. The Morgan fingerprint density at radius 1 is 1.21 bits per heavy atom. The monoisotopic (exact) mass is 457 g/mol. The molecule has 154 valence electrons. The predicted octanol–water partition coefficient (Wildman–Crippen LogP) is 2.00. The zero-order valence-corrected chi connectivity index (χ0v) is 17.3. The summed E-state index contributed by atoms with van der Waals surface area (Å²) in [7, 11) is -3.89. The Labute approximate surface area is 176 Å². The van der Waals surface area contributed by atoms with Crippen molar-refractivity contribution in [3.05, 3.63) is 59.4 Å². The summed E-state index contributed by atoms with van der Waals surface area (Å²) >= 11 is 6.83. The molecule has 2 aromatic rings. The topological polar surface area (TPSA) is 104 Å². The van der Waals surface area contributed by atoms with Crippen molar-refractivity contribution >= 4 is 50.7 Å². The number of benzene rings is 2. The van der Waals surface area contributed by atoms with Crippen LogP contribution in [0.25, 0.3) is 0 Å². The van der Waals surface area contributed by atoms with Crippen molar-refractivity contribution in [3.8, 4) is 0 Å². The molecule has 29 heavy (non-hydrogen) atoms. The number of halogens is 2. The van der Waals surface area contributed by atoms with Gasteiger partial charge in [0, 0.05) is 11.6 Å². The molecule has 7 nitrogen and oxygen atoms in total. The molecule has 1 aliphatic heterocycles. The number of nitrogens with one attached hydrogen (secondary N) is 3. The van der Waals surface area contributed by atoms with Crippen LogP contribution in [0.3, 0.4) is 0 Å². The van der Waals surface area contributed by atoms with Crippen LogP contribution < -0.4 is 16.0 Å². The number of carbonyl (C=O) groups is 2. The molecule has 1 saturated heterocycles. The Balaban J connectivity index is 1.55. The Hall–Kier alpha value is -2.14. The van der Waals surface area contributed by atoms with E-state index < -0.39 is 38.2 Å². The molecule has 2 aromatic carbocycles. The van der Waals surface area contributed by atoms with E-state index in [0.29, 0.717) is 5.02 Å². The number of hydrogen-bond donors (Lipinski definition) is 3. The number of sulfone groups is 1. The molecular weight excluding hydrogens is 441 g/mol. The lowest BCUT2D eigenvalue weighted by molar-refractivity contribution is -0.122. The van der Waals surface area contributed by atoms with Gasteiger partial charge in [0.1, 0.15) is 11.3 Å². The number of thioether (sulfide) groups is 1. The highest BCUT2D eigenvalue weighted by Crippen LogP contribution is 2.21. The molecule has 0 bridgehead atoms. The number of para-hydroxylation sites is 1. The summed E-state index contributed by atoms with van der Waals surface area (Å²) in [4.78, 5) is 24.3. The Morgan fingerprint density at radius 2 is 1.90 bits per heavy atom. The van der Waals surface area contributed by atoms with E-state index >= 15 is 0 Å². The first-order valence-corrected chi connectivity index (χ1v) is 11.4. The Morgan fingerprint density at radius 3 is 2.55 bits per heavy atom. The van der Waals surface area contributed by atoms with E-state index in [9.17, 15) is 22.4 Å². The highest BCUT2D eigenvalue weighted by Gasteiger charge is 2.38. The summed E-state index contributed by atoms with van der Waals surface area (Å²) < 4.78 is 38.9. The Kier molecular flexibility index (Phi) is 6.78. The first-order valence-electron chi connectivity index (χ1n) is 8.46. The predicted molar refractivity (Wildman–Crippen MR) is 110 cm³/mol. The lowest BCUT2D eigenvalue weighted by Crippen LogP contribution is -2.59. The molecule has 0 aromatic heterocycles. The van der Waals surface area contributed by atoms with Crippen LogP contribution in [0.1, 0.15) is 0 Å². The van der Waals surface area contributed by atoms with Gasteiger partial charge in [-0.2, -0.15) is 0 Å². The lowest BCUT2D eigenvalue weighted by atomic mass is 10.3. The van der Waals surface area contributed by atoms with Crippen LogP contribution in [0.15, 0.2) is 53.4 Å². The van der Waals surface area contributed by atoms with Gasteiger partial charge in [-0.05, 0) is 36.4 Å². The zero-order chi connectivity index (χ0) is 21.0. The Bertz CT molecular complexity index is 1020. The highest BCUT2D eigenvalue weighted by atomic mass is 35.5. The van der Waals surface area contributed by atoms with E-state index in [4.69, 9.17) is 11.6 Å². The van der Waals surface area contributed by atoms with Gasteiger partial charge in [0.2, 0.25) is 11.8 Å².